The van der Waals surface area contributed by atoms with Gasteiger partial charge in [-0.15, -0.1) is 0 Å². The molecule has 0 amide bonds. The van der Waals surface area contributed by atoms with Crippen LogP contribution in [0.5, 0.6) is 11.5 Å². The van der Waals surface area contributed by atoms with Crippen molar-refractivity contribution in [2.24, 2.45) is 0 Å². The maximum absolute atomic E-state index is 10.8. The number of halogens is 2. The summed E-state index contributed by atoms with van der Waals surface area (Å²) < 4.78 is 0. The molecule has 0 aliphatic carbocycles. The fraction of sp³-hybridized carbons (Fsp3) is 0. The number of nitrogens with one attached hydrogen (secondary N) is 2. The van der Waals surface area contributed by atoms with E-state index in [0.717, 1.165) is 12.4 Å². The third-order valence-corrected chi connectivity index (χ3v) is 2.72. The molecule has 0 saturated carbocycles. The van der Waals surface area contributed by atoms with Crippen LogP contribution in [-0.4, -0.2) is 12.4 Å². The average Bonchev–Trinajstić information content (AvgIpc) is 2.44. The molecule has 0 saturated heterocycles. The van der Waals surface area contributed by atoms with Gasteiger partial charge in [0.1, 0.15) is 0 Å². The first-order valence-corrected chi connectivity index (χ1v) is 6.17. The van der Waals surface area contributed by atoms with E-state index in [-0.39, 0.29) is 28.0 Å². The second-order valence-electron chi connectivity index (χ2n) is 3.65. The van der Waals surface area contributed by atoms with Crippen molar-refractivity contribution in [2.45, 2.75) is 0 Å². The predicted octanol–water partition coefficient (Wildman–Crippen LogP) is 2.82. The SMILES string of the molecule is N=Cc1cc(Cl)ccc1[O-].N=Cc1cc(Cl)ccc1[O-].[Ni+2]. The van der Waals surface area contributed by atoms with E-state index in [4.69, 9.17) is 34.0 Å². The molecule has 2 aromatic rings. The molecule has 112 valence electrons. The van der Waals surface area contributed by atoms with Crippen LogP contribution in [0.3, 0.4) is 0 Å². The van der Waals surface area contributed by atoms with E-state index in [9.17, 15) is 10.2 Å². The van der Waals surface area contributed by atoms with Gasteiger partial charge in [-0.25, -0.2) is 0 Å². The Balaban J connectivity index is 0.000000364. The van der Waals surface area contributed by atoms with Gasteiger partial charge >= 0.3 is 16.5 Å². The topological polar surface area (TPSA) is 93.8 Å². The summed E-state index contributed by atoms with van der Waals surface area (Å²) in [6.07, 6.45) is 1.99. The van der Waals surface area contributed by atoms with Crippen LogP contribution in [0.4, 0.5) is 0 Å². The Morgan fingerprint density at radius 1 is 0.762 bits per heavy atom. The van der Waals surface area contributed by atoms with Crippen molar-refractivity contribution in [2.75, 3.05) is 0 Å². The zero-order valence-corrected chi connectivity index (χ0v) is 13.0. The van der Waals surface area contributed by atoms with Gasteiger partial charge in [0, 0.05) is 22.5 Å². The van der Waals surface area contributed by atoms with Crippen LogP contribution in [0.25, 0.3) is 0 Å². The van der Waals surface area contributed by atoms with Crippen molar-refractivity contribution in [1.29, 1.82) is 10.8 Å². The minimum Gasteiger partial charge on any atom is -0.872 e. The molecule has 0 aliphatic rings. The van der Waals surface area contributed by atoms with Gasteiger partial charge in [0.15, 0.2) is 0 Å². The molecule has 0 unspecified atom stereocenters. The molecular formula is C14H10Cl2N2NiO2. The number of rotatable bonds is 2. The van der Waals surface area contributed by atoms with Crippen molar-refractivity contribution in [3.8, 4) is 11.5 Å². The van der Waals surface area contributed by atoms with Gasteiger partial charge in [0.25, 0.3) is 0 Å². The summed E-state index contributed by atoms with van der Waals surface area (Å²) >= 11 is 11.1. The molecule has 7 heteroatoms. The van der Waals surface area contributed by atoms with E-state index in [1.807, 2.05) is 0 Å². The predicted molar refractivity (Wildman–Crippen MR) is 77.6 cm³/mol. The summed E-state index contributed by atoms with van der Waals surface area (Å²) in [5.41, 5.74) is 0.653. The molecule has 0 radical (unpaired) electrons. The Kier molecular flexibility index (Phi) is 8.71. The zero-order valence-electron chi connectivity index (χ0n) is 10.5. The molecule has 2 N–H and O–H groups in total. The molecule has 0 spiro atoms. The molecular weight excluding hydrogens is 358 g/mol. The summed E-state index contributed by atoms with van der Waals surface area (Å²) in [6.45, 7) is 0. The van der Waals surface area contributed by atoms with Crippen molar-refractivity contribution < 1.29 is 26.7 Å². The van der Waals surface area contributed by atoms with Gasteiger partial charge in [-0.3, -0.25) is 0 Å². The molecule has 0 bridgehead atoms. The monoisotopic (exact) mass is 366 g/mol. The van der Waals surface area contributed by atoms with E-state index < -0.39 is 0 Å². The van der Waals surface area contributed by atoms with E-state index in [1.54, 1.807) is 0 Å². The first-order chi connectivity index (χ1) is 9.47. The van der Waals surface area contributed by atoms with E-state index in [2.05, 4.69) is 0 Å². The maximum atomic E-state index is 10.8. The van der Waals surface area contributed by atoms with E-state index >= 15 is 0 Å². The van der Waals surface area contributed by atoms with Gasteiger partial charge < -0.3 is 21.0 Å². The summed E-state index contributed by atoms with van der Waals surface area (Å²) in [5.74, 6) is -0.334. The van der Waals surface area contributed by atoms with Gasteiger partial charge in [-0.1, -0.05) is 46.8 Å². The number of benzene rings is 2. The van der Waals surface area contributed by atoms with Crippen LogP contribution in [0.2, 0.25) is 10.0 Å². The molecule has 2 rings (SSSR count). The molecule has 2 aromatic carbocycles. The summed E-state index contributed by atoms with van der Waals surface area (Å²) in [7, 11) is 0. The molecule has 4 nitrogen and oxygen atoms in total. The van der Waals surface area contributed by atoms with Crippen molar-refractivity contribution >= 4 is 35.6 Å². The molecule has 0 aliphatic heterocycles. The Hall–Kier alpha value is -1.55. The quantitative estimate of drug-likeness (QED) is 0.630. The maximum Gasteiger partial charge on any atom is 2.00 e. The Labute approximate surface area is 142 Å². The smallest absolute Gasteiger partial charge is 0.872 e. The van der Waals surface area contributed by atoms with Crippen molar-refractivity contribution in [3.63, 3.8) is 0 Å². The van der Waals surface area contributed by atoms with E-state index in [0.29, 0.717) is 21.2 Å². The first-order valence-electron chi connectivity index (χ1n) is 5.42. The molecule has 0 heterocycles. The normalized spacial score (nSPS) is 8.86. The third kappa shape index (κ3) is 6.17. The molecule has 0 fully saturated rings. The first kappa shape index (κ1) is 19.5. The van der Waals surface area contributed by atoms with Gasteiger partial charge in [-0.05, 0) is 35.4 Å². The minimum absolute atomic E-state index is 0. The average molecular weight is 368 g/mol. The summed E-state index contributed by atoms with van der Waals surface area (Å²) in [6, 6.07) is 8.66. The minimum atomic E-state index is -0.167. The summed E-state index contributed by atoms with van der Waals surface area (Å²) in [5, 5.41) is 36.1. The van der Waals surface area contributed by atoms with E-state index in [1.165, 1.54) is 36.4 Å². The van der Waals surface area contributed by atoms with Crippen LogP contribution < -0.4 is 10.2 Å². The van der Waals surface area contributed by atoms with Crippen molar-refractivity contribution in [3.05, 3.63) is 57.6 Å². The Morgan fingerprint density at radius 2 is 1.10 bits per heavy atom. The second-order valence-corrected chi connectivity index (χ2v) is 4.53. The number of hydrogen-bond acceptors (Lipinski definition) is 4. The van der Waals surface area contributed by atoms with Gasteiger partial charge in [0.2, 0.25) is 0 Å². The van der Waals surface area contributed by atoms with Crippen LogP contribution in [0.15, 0.2) is 36.4 Å². The standard InChI is InChI=1S/2C7H6ClNO.Ni/c2*8-6-1-2-7(10)5(3-6)4-9;/h2*1-4,9-10H;/q;;+2/p-2. The Bertz CT molecular complexity index is 581. The molecule has 0 atom stereocenters. The fourth-order valence-electron chi connectivity index (χ4n) is 1.26. The fourth-order valence-corrected chi connectivity index (χ4v) is 1.63. The van der Waals surface area contributed by atoms with Crippen LogP contribution >= 0.6 is 23.2 Å². The second kappa shape index (κ2) is 9.40. The van der Waals surface area contributed by atoms with Gasteiger partial charge in [0.05, 0.1) is 0 Å². The largest absolute Gasteiger partial charge is 2.00 e. The number of hydrogen-bond donors (Lipinski definition) is 2. The van der Waals surface area contributed by atoms with Gasteiger partial charge in [-0.2, -0.15) is 0 Å². The zero-order chi connectivity index (χ0) is 15.1. The van der Waals surface area contributed by atoms with Crippen LogP contribution in [-0.2, 0) is 16.5 Å². The molecule has 0 aromatic heterocycles. The van der Waals surface area contributed by atoms with Crippen LogP contribution in [0.1, 0.15) is 11.1 Å². The third-order valence-electron chi connectivity index (χ3n) is 2.25. The Morgan fingerprint density at radius 3 is 1.33 bits per heavy atom. The van der Waals surface area contributed by atoms with Crippen molar-refractivity contribution in [1.82, 2.24) is 0 Å². The van der Waals surface area contributed by atoms with Crippen LogP contribution in [0, 0.1) is 10.8 Å². The molecule has 21 heavy (non-hydrogen) atoms. The summed E-state index contributed by atoms with van der Waals surface area (Å²) in [4.78, 5) is 0.